The fourth-order valence-electron chi connectivity index (χ4n) is 4.75. The number of nitrogens with zero attached hydrogens (tertiary/aromatic N) is 3. The summed E-state index contributed by atoms with van der Waals surface area (Å²) >= 11 is 0. The lowest BCUT2D eigenvalue weighted by atomic mass is 9.99. The Kier molecular flexibility index (Phi) is 5.28. The van der Waals surface area contributed by atoms with Crippen LogP contribution in [0.15, 0.2) is 36.4 Å². The molecule has 0 spiro atoms. The van der Waals surface area contributed by atoms with E-state index in [4.69, 9.17) is 0 Å². The number of alkyl halides is 3. The van der Waals surface area contributed by atoms with Crippen LogP contribution in [0.5, 0.6) is 5.75 Å². The molecule has 1 aliphatic carbocycles. The molecule has 31 heavy (non-hydrogen) atoms. The number of fused-ring (bicyclic) bond motifs is 1. The highest BCUT2D eigenvalue weighted by Gasteiger charge is 2.34. The highest BCUT2D eigenvalue weighted by molar-refractivity contribution is 5.94. The van der Waals surface area contributed by atoms with Gasteiger partial charge in [-0.3, -0.25) is 0 Å². The number of halogens is 3. The molecule has 1 saturated carbocycles. The van der Waals surface area contributed by atoms with Crippen LogP contribution in [-0.4, -0.2) is 27.9 Å². The van der Waals surface area contributed by atoms with E-state index >= 15 is 0 Å². The minimum Gasteiger partial charge on any atom is -0.406 e. The second-order valence-corrected chi connectivity index (χ2v) is 9.13. The summed E-state index contributed by atoms with van der Waals surface area (Å²) in [6.45, 7) is 7.05. The molecule has 0 N–H and O–H groups in total. The average Bonchev–Trinajstić information content (AvgIpc) is 3.31. The van der Waals surface area contributed by atoms with Gasteiger partial charge in [-0.15, -0.1) is 13.2 Å². The van der Waals surface area contributed by atoms with E-state index in [1.54, 1.807) is 6.07 Å². The Bertz CT molecular complexity index is 1090. The second kappa shape index (κ2) is 7.67. The lowest BCUT2D eigenvalue weighted by Crippen LogP contribution is -2.41. The monoisotopic (exact) mass is 429 g/mol. The third-order valence-corrected chi connectivity index (χ3v) is 6.03. The highest BCUT2D eigenvalue weighted by Crippen LogP contribution is 2.43. The number of nitriles is 1. The number of rotatable bonds is 3. The zero-order valence-corrected chi connectivity index (χ0v) is 18.0. The summed E-state index contributed by atoms with van der Waals surface area (Å²) in [6.07, 6.45) is 5.28. The summed E-state index contributed by atoms with van der Waals surface area (Å²) in [6, 6.07) is 6.76. The molecule has 2 heterocycles. The minimum atomic E-state index is -4.76. The average molecular weight is 429 g/mol. The lowest BCUT2D eigenvalue weighted by Gasteiger charge is -2.40. The zero-order chi connectivity index (χ0) is 22.4. The van der Waals surface area contributed by atoms with Crippen LogP contribution < -0.4 is 4.74 Å². The van der Waals surface area contributed by atoms with Gasteiger partial charge in [-0.2, -0.15) is 5.26 Å². The lowest BCUT2D eigenvalue weighted by molar-refractivity contribution is -0.274. The van der Waals surface area contributed by atoms with Crippen LogP contribution in [0.25, 0.3) is 16.6 Å². The van der Waals surface area contributed by atoms with Gasteiger partial charge in [-0.05, 0) is 51.8 Å². The molecule has 0 radical (unpaired) electrons. The molecule has 1 aromatic carbocycles. The van der Waals surface area contributed by atoms with E-state index < -0.39 is 6.36 Å². The standard InChI is InChI=1S/C24H26F3N3O/c1-23(2,3)29-13-7-6-10-20(29)22-19(15-28)18-12-11-17(31-24(25,26)27)14-21(18)30(22)16-8-4-5-9-16/h6-7,10-12,14,16H,4-5,8-9,13H2,1-3H3. The van der Waals surface area contributed by atoms with Gasteiger partial charge in [0.25, 0.3) is 0 Å². The Morgan fingerprint density at radius 1 is 1.13 bits per heavy atom. The van der Waals surface area contributed by atoms with Gasteiger partial charge in [0, 0.05) is 29.6 Å². The van der Waals surface area contributed by atoms with Gasteiger partial charge in [0.2, 0.25) is 0 Å². The third kappa shape index (κ3) is 4.04. The van der Waals surface area contributed by atoms with Gasteiger partial charge in [0.05, 0.1) is 22.5 Å². The third-order valence-electron chi connectivity index (χ3n) is 6.03. The molecule has 2 aromatic rings. The summed E-state index contributed by atoms with van der Waals surface area (Å²) in [5.41, 5.74) is 2.63. The first-order chi connectivity index (χ1) is 14.6. The Balaban J connectivity index is 1.99. The predicted molar refractivity (Wildman–Crippen MR) is 114 cm³/mol. The number of benzene rings is 1. The predicted octanol–water partition coefficient (Wildman–Crippen LogP) is 6.54. The number of ether oxygens (including phenoxy) is 1. The van der Waals surface area contributed by atoms with Gasteiger partial charge in [0.1, 0.15) is 11.8 Å². The molecule has 2 aliphatic rings. The van der Waals surface area contributed by atoms with Gasteiger partial charge in [-0.25, -0.2) is 0 Å². The van der Waals surface area contributed by atoms with Crippen molar-refractivity contribution in [2.24, 2.45) is 0 Å². The van der Waals surface area contributed by atoms with Crippen LogP contribution in [0.2, 0.25) is 0 Å². The Labute approximate surface area is 180 Å². The van der Waals surface area contributed by atoms with E-state index in [1.165, 1.54) is 12.1 Å². The Morgan fingerprint density at radius 3 is 2.45 bits per heavy atom. The van der Waals surface area contributed by atoms with E-state index in [2.05, 4.69) is 47.1 Å². The van der Waals surface area contributed by atoms with Gasteiger partial charge in [0.15, 0.2) is 0 Å². The SMILES string of the molecule is CC(C)(C)N1CC=CC=C1c1c(C#N)c2ccc(OC(F)(F)F)cc2n1C1CCCC1. The fourth-order valence-corrected chi connectivity index (χ4v) is 4.75. The smallest absolute Gasteiger partial charge is 0.406 e. The molecule has 0 saturated heterocycles. The molecule has 4 rings (SSSR count). The summed E-state index contributed by atoms with van der Waals surface area (Å²) in [5.74, 6) is -0.266. The Morgan fingerprint density at radius 2 is 1.84 bits per heavy atom. The van der Waals surface area contributed by atoms with Crippen molar-refractivity contribution in [1.82, 2.24) is 9.47 Å². The molecule has 4 nitrogen and oxygen atoms in total. The second-order valence-electron chi connectivity index (χ2n) is 9.13. The molecule has 1 fully saturated rings. The number of hydrogen-bond acceptors (Lipinski definition) is 3. The first kappa shape index (κ1) is 21.4. The van der Waals surface area contributed by atoms with Crippen molar-refractivity contribution in [3.63, 3.8) is 0 Å². The van der Waals surface area contributed by atoms with Gasteiger partial charge in [-0.1, -0.05) is 25.0 Å². The van der Waals surface area contributed by atoms with Gasteiger partial charge >= 0.3 is 6.36 Å². The molecule has 0 amide bonds. The molecule has 1 aromatic heterocycles. The molecule has 0 bridgehead atoms. The number of hydrogen-bond donors (Lipinski definition) is 0. The van der Waals surface area contributed by atoms with Crippen LogP contribution in [0.3, 0.4) is 0 Å². The van der Waals surface area contributed by atoms with Crippen molar-refractivity contribution in [2.75, 3.05) is 6.54 Å². The first-order valence-electron chi connectivity index (χ1n) is 10.6. The van der Waals surface area contributed by atoms with Crippen LogP contribution in [0.1, 0.15) is 63.8 Å². The molecule has 0 atom stereocenters. The minimum absolute atomic E-state index is 0.134. The molecular weight excluding hydrogens is 403 g/mol. The van der Waals surface area contributed by atoms with E-state index in [1.807, 2.05) is 12.2 Å². The van der Waals surface area contributed by atoms with Crippen LogP contribution in [0.4, 0.5) is 13.2 Å². The maximum Gasteiger partial charge on any atom is 0.573 e. The van der Waals surface area contributed by atoms with Crippen LogP contribution in [-0.2, 0) is 0 Å². The fraction of sp³-hybridized carbons (Fsp3) is 0.458. The van der Waals surface area contributed by atoms with Crippen molar-refractivity contribution < 1.29 is 17.9 Å². The van der Waals surface area contributed by atoms with Crippen molar-refractivity contribution in [2.45, 2.75) is 64.4 Å². The van der Waals surface area contributed by atoms with Crippen LogP contribution in [0, 0.1) is 11.3 Å². The van der Waals surface area contributed by atoms with Crippen molar-refractivity contribution >= 4 is 16.6 Å². The first-order valence-corrected chi connectivity index (χ1v) is 10.6. The van der Waals surface area contributed by atoms with Crippen molar-refractivity contribution in [1.29, 1.82) is 5.26 Å². The quantitative estimate of drug-likeness (QED) is 0.556. The largest absolute Gasteiger partial charge is 0.573 e. The summed E-state index contributed by atoms with van der Waals surface area (Å²) in [5, 5.41) is 10.8. The van der Waals surface area contributed by atoms with Crippen molar-refractivity contribution in [3.8, 4) is 11.8 Å². The topological polar surface area (TPSA) is 41.2 Å². The van der Waals surface area contributed by atoms with E-state index in [0.717, 1.165) is 37.1 Å². The molecule has 0 unspecified atom stereocenters. The van der Waals surface area contributed by atoms with E-state index in [-0.39, 0.29) is 17.3 Å². The highest BCUT2D eigenvalue weighted by atomic mass is 19.4. The molecular formula is C24H26F3N3O. The maximum atomic E-state index is 12.9. The normalized spacial score (nSPS) is 17.8. The summed E-state index contributed by atoms with van der Waals surface area (Å²) in [7, 11) is 0. The number of aromatic nitrogens is 1. The van der Waals surface area contributed by atoms with E-state index in [0.29, 0.717) is 23.0 Å². The summed E-state index contributed by atoms with van der Waals surface area (Å²) < 4.78 is 44.9. The number of allylic oxidation sites excluding steroid dienone is 2. The maximum absolute atomic E-state index is 12.9. The molecule has 1 aliphatic heterocycles. The van der Waals surface area contributed by atoms with E-state index in [9.17, 15) is 18.4 Å². The summed E-state index contributed by atoms with van der Waals surface area (Å²) in [4.78, 5) is 2.24. The molecule has 7 heteroatoms. The zero-order valence-electron chi connectivity index (χ0n) is 18.0. The van der Waals surface area contributed by atoms with Gasteiger partial charge < -0.3 is 14.2 Å². The Hall–Kier alpha value is -2.88. The van der Waals surface area contributed by atoms with Crippen LogP contribution >= 0.6 is 0 Å². The van der Waals surface area contributed by atoms with Crippen molar-refractivity contribution in [3.05, 3.63) is 47.7 Å². The molecule has 164 valence electrons.